The third-order valence-corrected chi connectivity index (χ3v) is 4.10. The van der Waals surface area contributed by atoms with Gasteiger partial charge in [-0.25, -0.2) is 4.98 Å². The van der Waals surface area contributed by atoms with E-state index >= 15 is 0 Å². The van der Waals surface area contributed by atoms with E-state index in [1.54, 1.807) is 6.20 Å². The lowest BCUT2D eigenvalue weighted by Crippen LogP contribution is -2.14. The Balaban J connectivity index is 1.89. The average molecular weight is 318 g/mol. The lowest BCUT2D eigenvalue weighted by Gasteiger charge is -2.16. The monoisotopic (exact) mass is 316 g/mol. The van der Waals surface area contributed by atoms with Gasteiger partial charge in [0.15, 0.2) is 5.15 Å². The lowest BCUT2D eigenvalue weighted by molar-refractivity contribution is 0.483. The highest BCUT2D eigenvalue weighted by molar-refractivity contribution is 9.10. The number of nitrogens with one attached hydrogen (secondary N) is 1. The summed E-state index contributed by atoms with van der Waals surface area (Å²) in [5.41, 5.74) is 0.935. The minimum atomic E-state index is 0.557. The molecular weight excluding hydrogens is 300 g/mol. The van der Waals surface area contributed by atoms with Crippen molar-refractivity contribution in [3.05, 3.63) is 21.9 Å². The van der Waals surface area contributed by atoms with Crippen molar-refractivity contribution in [2.75, 3.05) is 11.9 Å². The van der Waals surface area contributed by atoms with E-state index in [0.717, 1.165) is 22.6 Å². The molecule has 0 spiro atoms. The third kappa shape index (κ3) is 4.14. The van der Waals surface area contributed by atoms with Crippen LogP contribution in [0.25, 0.3) is 0 Å². The Hall–Kier alpha value is -0.280. The van der Waals surface area contributed by atoms with Crippen molar-refractivity contribution >= 4 is 33.2 Å². The SMILES string of the molecule is Clc1ncc(Br)cc1NCC1CCCCCC1. The molecule has 94 valence electrons. The third-order valence-electron chi connectivity index (χ3n) is 3.36. The largest absolute Gasteiger partial charge is 0.382 e. The van der Waals surface area contributed by atoms with Crippen LogP contribution in [0.2, 0.25) is 5.15 Å². The van der Waals surface area contributed by atoms with Crippen LogP contribution in [0.3, 0.4) is 0 Å². The molecule has 0 aromatic carbocycles. The van der Waals surface area contributed by atoms with Gasteiger partial charge in [0.25, 0.3) is 0 Å². The van der Waals surface area contributed by atoms with Crippen molar-refractivity contribution < 1.29 is 0 Å². The van der Waals surface area contributed by atoms with Crippen molar-refractivity contribution in [3.63, 3.8) is 0 Å². The molecule has 0 radical (unpaired) electrons. The van der Waals surface area contributed by atoms with Gasteiger partial charge in [-0.05, 0) is 40.8 Å². The minimum Gasteiger partial charge on any atom is -0.382 e. The van der Waals surface area contributed by atoms with Crippen LogP contribution in [0.15, 0.2) is 16.7 Å². The van der Waals surface area contributed by atoms with Gasteiger partial charge >= 0.3 is 0 Å². The number of hydrogen-bond donors (Lipinski definition) is 1. The zero-order chi connectivity index (χ0) is 12.1. The summed E-state index contributed by atoms with van der Waals surface area (Å²) in [6.07, 6.45) is 9.94. The summed E-state index contributed by atoms with van der Waals surface area (Å²) in [7, 11) is 0. The molecule has 1 fully saturated rings. The fraction of sp³-hybridized carbons (Fsp3) is 0.615. The van der Waals surface area contributed by atoms with E-state index in [-0.39, 0.29) is 0 Å². The van der Waals surface area contributed by atoms with Crippen molar-refractivity contribution in [3.8, 4) is 0 Å². The van der Waals surface area contributed by atoms with Crippen LogP contribution in [-0.4, -0.2) is 11.5 Å². The molecule has 0 atom stereocenters. The highest BCUT2D eigenvalue weighted by atomic mass is 79.9. The molecule has 1 heterocycles. The first-order valence-corrected chi connectivity index (χ1v) is 7.48. The molecule has 1 aromatic heterocycles. The highest BCUT2D eigenvalue weighted by Gasteiger charge is 2.12. The van der Waals surface area contributed by atoms with Crippen LogP contribution in [0.5, 0.6) is 0 Å². The highest BCUT2D eigenvalue weighted by Crippen LogP contribution is 2.26. The van der Waals surface area contributed by atoms with Crippen LogP contribution < -0.4 is 5.32 Å². The normalized spacial score (nSPS) is 17.8. The molecule has 0 aliphatic heterocycles. The Morgan fingerprint density at radius 2 is 2.00 bits per heavy atom. The molecule has 1 aliphatic carbocycles. The van der Waals surface area contributed by atoms with Crippen molar-refractivity contribution in [2.24, 2.45) is 5.92 Å². The molecule has 4 heteroatoms. The maximum Gasteiger partial charge on any atom is 0.152 e. The predicted molar refractivity (Wildman–Crippen MR) is 76.6 cm³/mol. The van der Waals surface area contributed by atoms with Gasteiger partial charge in [-0.1, -0.05) is 37.3 Å². The van der Waals surface area contributed by atoms with E-state index < -0.39 is 0 Å². The fourth-order valence-electron chi connectivity index (χ4n) is 2.37. The smallest absolute Gasteiger partial charge is 0.152 e. The Kier molecular flexibility index (Phi) is 5.11. The molecule has 1 aromatic rings. The number of anilines is 1. The Morgan fingerprint density at radius 3 is 2.71 bits per heavy atom. The number of rotatable bonds is 3. The van der Waals surface area contributed by atoms with Gasteiger partial charge in [0.2, 0.25) is 0 Å². The quantitative estimate of drug-likeness (QED) is 0.635. The van der Waals surface area contributed by atoms with Gasteiger partial charge in [-0.15, -0.1) is 0 Å². The standard InChI is InChI=1S/C13H18BrClN2/c14-11-7-12(13(15)17-9-11)16-8-10-5-3-1-2-4-6-10/h7,9-10,16H,1-6,8H2. The minimum absolute atomic E-state index is 0.557. The molecular formula is C13H18BrClN2. The molecule has 0 saturated heterocycles. The van der Waals surface area contributed by atoms with Gasteiger partial charge in [0.1, 0.15) is 0 Å². The second-order valence-corrected chi connectivity index (χ2v) is 6.00. The van der Waals surface area contributed by atoms with Crippen molar-refractivity contribution in [2.45, 2.75) is 38.5 Å². The number of hydrogen-bond acceptors (Lipinski definition) is 2. The first-order chi connectivity index (χ1) is 8.25. The Morgan fingerprint density at radius 1 is 1.29 bits per heavy atom. The van der Waals surface area contributed by atoms with E-state index in [9.17, 15) is 0 Å². The van der Waals surface area contributed by atoms with E-state index in [1.165, 1.54) is 38.5 Å². The summed E-state index contributed by atoms with van der Waals surface area (Å²) in [6.45, 7) is 1.01. The van der Waals surface area contributed by atoms with Gasteiger partial charge in [0, 0.05) is 17.2 Å². The van der Waals surface area contributed by atoms with Crippen molar-refractivity contribution in [1.29, 1.82) is 0 Å². The van der Waals surface area contributed by atoms with Crippen LogP contribution >= 0.6 is 27.5 Å². The molecule has 17 heavy (non-hydrogen) atoms. The van der Waals surface area contributed by atoms with Crippen LogP contribution in [0, 0.1) is 5.92 Å². The molecule has 2 nitrogen and oxygen atoms in total. The van der Waals surface area contributed by atoms with Gasteiger partial charge < -0.3 is 5.32 Å². The van der Waals surface area contributed by atoms with Crippen molar-refractivity contribution in [1.82, 2.24) is 4.98 Å². The average Bonchev–Trinajstić information content (AvgIpc) is 2.59. The van der Waals surface area contributed by atoms with E-state index in [0.29, 0.717) is 5.15 Å². The summed E-state index contributed by atoms with van der Waals surface area (Å²) in [5, 5.41) is 3.98. The molecule has 1 saturated carbocycles. The van der Waals surface area contributed by atoms with E-state index in [2.05, 4.69) is 26.2 Å². The first kappa shape index (κ1) is 13.2. The summed E-state index contributed by atoms with van der Waals surface area (Å²) in [5.74, 6) is 0.785. The summed E-state index contributed by atoms with van der Waals surface area (Å²) in [6, 6.07) is 1.99. The van der Waals surface area contributed by atoms with Gasteiger partial charge in [-0.2, -0.15) is 0 Å². The van der Waals surface area contributed by atoms with Gasteiger partial charge in [-0.3, -0.25) is 0 Å². The molecule has 0 amide bonds. The fourth-order valence-corrected chi connectivity index (χ4v) is 2.87. The molecule has 0 unspecified atom stereocenters. The Bertz CT molecular complexity index is 362. The molecule has 2 rings (SSSR count). The molecule has 1 N–H and O–H groups in total. The Labute approximate surface area is 116 Å². The first-order valence-electron chi connectivity index (χ1n) is 6.30. The van der Waals surface area contributed by atoms with Crippen LogP contribution in [0.1, 0.15) is 38.5 Å². The molecule has 0 bridgehead atoms. The maximum atomic E-state index is 6.05. The maximum absolute atomic E-state index is 6.05. The number of halogens is 2. The second-order valence-electron chi connectivity index (χ2n) is 4.73. The summed E-state index contributed by atoms with van der Waals surface area (Å²) >= 11 is 9.47. The summed E-state index contributed by atoms with van der Waals surface area (Å²) < 4.78 is 0.963. The zero-order valence-electron chi connectivity index (χ0n) is 9.88. The van der Waals surface area contributed by atoms with E-state index in [4.69, 9.17) is 11.6 Å². The molecule has 1 aliphatic rings. The number of aromatic nitrogens is 1. The second kappa shape index (κ2) is 6.60. The predicted octanol–water partition coefficient (Wildman–Crippen LogP) is 4.88. The zero-order valence-corrected chi connectivity index (χ0v) is 12.2. The van der Waals surface area contributed by atoms with Crippen LogP contribution in [0.4, 0.5) is 5.69 Å². The number of pyridine rings is 1. The lowest BCUT2D eigenvalue weighted by atomic mass is 10.0. The topological polar surface area (TPSA) is 24.9 Å². The van der Waals surface area contributed by atoms with Crippen LogP contribution in [-0.2, 0) is 0 Å². The summed E-state index contributed by atoms with van der Waals surface area (Å²) in [4.78, 5) is 4.12. The van der Waals surface area contributed by atoms with E-state index in [1.807, 2.05) is 6.07 Å². The van der Waals surface area contributed by atoms with Gasteiger partial charge in [0.05, 0.1) is 5.69 Å². The number of nitrogens with zero attached hydrogens (tertiary/aromatic N) is 1.